The van der Waals surface area contributed by atoms with E-state index >= 15 is 0 Å². The molecule has 3 heteroatoms. The second kappa shape index (κ2) is 7.34. The number of nitrogens with zero attached hydrogens (tertiary/aromatic N) is 1. The average molecular weight is 240 g/mol. The number of hydrogen-bond donors (Lipinski definition) is 1. The minimum Gasteiger partial charge on any atom is -0.381 e. The molecule has 1 N–H and O–H groups in total. The summed E-state index contributed by atoms with van der Waals surface area (Å²) in [5, 5.41) is 3.60. The van der Waals surface area contributed by atoms with Crippen LogP contribution in [0.15, 0.2) is 0 Å². The lowest BCUT2D eigenvalue weighted by atomic mass is 9.96. The van der Waals surface area contributed by atoms with Crippen molar-refractivity contribution in [1.82, 2.24) is 10.2 Å². The largest absolute Gasteiger partial charge is 0.381 e. The lowest BCUT2D eigenvalue weighted by Crippen LogP contribution is -2.52. The predicted octanol–water partition coefficient (Wildman–Crippen LogP) is 2.02. The van der Waals surface area contributed by atoms with Gasteiger partial charge in [-0.05, 0) is 45.2 Å². The van der Waals surface area contributed by atoms with Crippen molar-refractivity contribution in [2.24, 2.45) is 0 Å². The quantitative estimate of drug-likeness (QED) is 0.744. The molecule has 0 amide bonds. The van der Waals surface area contributed by atoms with Crippen LogP contribution in [0.5, 0.6) is 0 Å². The van der Waals surface area contributed by atoms with Gasteiger partial charge >= 0.3 is 0 Å². The summed E-state index contributed by atoms with van der Waals surface area (Å²) in [5.74, 6) is 0. The summed E-state index contributed by atoms with van der Waals surface area (Å²) >= 11 is 0. The van der Waals surface area contributed by atoms with Gasteiger partial charge in [0, 0.05) is 31.8 Å². The minimum atomic E-state index is 0.776. The van der Waals surface area contributed by atoms with Crippen molar-refractivity contribution in [3.05, 3.63) is 0 Å². The standard InChI is InChI=1S/C14H28N2O/c1-2-8-15-12-14-5-3-4-9-16(14)13-6-10-17-11-7-13/h13-15H,2-12H2,1H3. The van der Waals surface area contributed by atoms with E-state index in [0.717, 1.165) is 31.8 Å². The molecule has 0 spiro atoms. The third-order valence-electron chi connectivity index (χ3n) is 4.14. The van der Waals surface area contributed by atoms with E-state index in [4.69, 9.17) is 4.74 Å². The van der Waals surface area contributed by atoms with Crippen LogP contribution in [0, 0.1) is 0 Å². The highest BCUT2D eigenvalue weighted by Crippen LogP contribution is 2.24. The number of likely N-dealkylation sites (tertiary alicyclic amines) is 1. The van der Waals surface area contributed by atoms with Gasteiger partial charge in [-0.25, -0.2) is 0 Å². The van der Waals surface area contributed by atoms with Crippen molar-refractivity contribution >= 4 is 0 Å². The first-order valence-corrected chi connectivity index (χ1v) is 7.46. The SMILES string of the molecule is CCCNCC1CCCCN1C1CCOCC1. The first-order valence-electron chi connectivity index (χ1n) is 7.46. The van der Waals surface area contributed by atoms with E-state index in [2.05, 4.69) is 17.1 Å². The smallest absolute Gasteiger partial charge is 0.0480 e. The summed E-state index contributed by atoms with van der Waals surface area (Å²) in [6.07, 6.45) is 7.91. The van der Waals surface area contributed by atoms with Crippen LogP contribution in [-0.4, -0.2) is 49.8 Å². The number of nitrogens with one attached hydrogen (secondary N) is 1. The van der Waals surface area contributed by atoms with Crippen LogP contribution in [0.1, 0.15) is 45.4 Å². The Morgan fingerprint density at radius 3 is 2.76 bits per heavy atom. The summed E-state index contributed by atoms with van der Waals surface area (Å²) in [6.45, 7) is 7.84. The summed E-state index contributed by atoms with van der Waals surface area (Å²) in [5.41, 5.74) is 0. The van der Waals surface area contributed by atoms with E-state index in [-0.39, 0.29) is 0 Å². The number of piperidine rings is 1. The van der Waals surface area contributed by atoms with Gasteiger partial charge in [-0.3, -0.25) is 4.90 Å². The maximum atomic E-state index is 5.48. The molecule has 0 aromatic carbocycles. The maximum absolute atomic E-state index is 5.48. The molecule has 0 aliphatic carbocycles. The number of hydrogen-bond acceptors (Lipinski definition) is 3. The summed E-state index contributed by atoms with van der Waals surface area (Å²) in [4.78, 5) is 2.77. The zero-order valence-electron chi connectivity index (χ0n) is 11.3. The van der Waals surface area contributed by atoms with Crippen LogP contribution in [0.2, 0.25) is 0 Å². The fourth-order valence-electron chi connectivity index (χ4n) is 3.19. The average Bonchev–Trinajstić information content (AvgIpc) is 2.41. The Morgan fingerprint density at radius 1 is 1.18 bits per heavy atom. The highest BCUT2D eigenvalue weighted by atomic mass is 16.5. The predicted molar refractivity (Wildman–Crippen MR) is 71.3 cm³/mol. The van der Waals surface area contributed by atoms with Crippen LogP contribution < -0.4 is 5.32 Å². The molecule has 2 fully saturated rings. The van der Waals surface area contributed by atoms with E-state index in [1.54, 1.807) is 0 Å². The topological polar surface area (TPSA) is 24.5 Å². The molecule has 2 saturated heterocycles. The molecule has 0 saturated carbocycles. The van der Waals surface area contributed by atoms with Gasteiger partial charge in [0.2, 0.25) is 0 Å². The highest BCUT2D eigenvalue weighted by Gasteiger charge is 2.29. The molecular weight excluding hydrogens is 212 g/mol. The lowest BCUT2D eigenvalue weighted by molar-refractivity contribution is 0.00502. The highest BCUT2D eigenvalue weighted by molar-refractivity contribution is 4.85. The molecule has 2 aliphatic heterocycles. The van der Waals surface area contributed by atoms with E-state index < -0.39 is 0 Å². The second-order valence-electron chi connectivity index (χ2n) is 5.44. The molecule has 17 heavy (non-hydrogen) atoms. The Balaban J connectivity index is 1.82. The van der Waals surface area contributed by atoms with Gasteiger partial charge in [-0.1, -0.05) is 13.3 Å². The summed E-state index contributed by atoms with van der Waals surface area (Å²) in [7, 11) is 0. The molecule has 2 heterocycles. The third kappa shape index (κ3) is 3.94. The molecule has 0 aromatic rings. The van der Waals surface area contributed by atoms with Gasteiger partial charge in [0.15, 0.2) is 0 Å². The number of rotatable bonds is 5. The van der Waals surface area contributed by atoms with Crippen molar-refractivity contribution < 1.29 is 4.74 Å². The molecule has 0 bridgehead atoms. The Labute approximate surface area is 106 Å². The molecule has 0 aromatic heterocycles. The monoisotopic (exact) mass is 240 g/mol. The molecule has 2 rings (SSSR count). The van der Waals surface area contributed by atoms with Gasteiger partial charge in [0.1, 0.15) is 0 Å². The van der Waals surface area contributed by atoms with Crippen LogP contribution in [0.3, 0.4) is 0 Å². The zero-order valence-corrected chi connectivity index (χ0v) is 11.3. The molecule has 3 nitrogen and oxygen atoms in total. The van der Waals surface area contributed by atoms with Gasteiger partial charge in [-0.15, -0.1) is 0 Å². The zero-order chi connectivity index (χ0) is 11.9. The molecule has 2 aliphatic rings. The molecule has 1 atom stereocenters. The van der Waals surface area contributed by atoms with E-state index in [0.29, 0.717) is 0 Å². The summed E-state index contributed by atoms with van der Waals surface area (Å²) < 4.78 is 5.48. The van der Waals surface area contributed by atoms with Crippen LogP contribution in [0.25, 0.3) is 0 Å². The maximum Gasteiger partial charge on any atom is 0.0480 e. The van der Waals surface area contributed by atoms with E-state index in [1.807, 2.05) is 0 Å². The Morgan fingerprint density at radius 2 is 2.00 bits per heavy atom. The van der Waals surface area contributed by atoms with Gasteiger partial charge < -0.3 is 10.1 Å². The van der Waals surface area contributed by atoms with Gasteiger partial charge in [0.25, 0.3) is 0 Å². The molecule has 0 radical (unpaired) electrons. The first-order chi connectivity index (χ1) is 8.42. The third-order valence-corrected chi connectivity index (χ3v) is 4.14. The van der Waals surface area contributed by atoms with Crippen molar-refractivity contribution in [2.45, 2.75) is 57.5 Å². The van der Waals surface area contributed by atoms with Crippen molar-refractivity contribution in [1.29, 1.82) is 0 Å². The van der Waals surface area contributed by atoms with E-state index in [1.165, 1.54) is 51.6 Å². The Bertz CT molecular complexity index is 204. The normalized spacial score (nSPS) is 28.4. The minimum absolute atomic E-state index is 0.776. The fraction of sp³-hybridized carbons (Fsp3) is 1.00. The van der Waals surface area contributed by atoms with Crippen LogP contribution in [0.4, 0.5) is 0 Å². The van der Waals surface area contributed by atoms with E-state index in [9.17, 15) is 0 Å². The van der Waals surface area contributed by atoms with Crippen molar-refractivity contribution in [3.63, 3.8) is 0 Å². The van der Waals surface area contributed by atoms with Crippen LogP contribution >= 0.6 is 0 Å². The molecular formula is C14H28N2O. The molecule has 1 unspecified atom stereocenters. The summed E-state index contributed by atoms with van der Waals surface area (Å²) in [6, 6.07) is 1.57. The Hall–Kier alpha value is -0.120. The lowest BCUT2D eigenvalue weighted by Gasteiger charge is -2.42. The van der Waals surface area contributed by atoms with Crippen molar-refractivity contribution in [2.75, 3.05) is 32.8 Å². The van der Waals surface area contributed by atoms with Gasteiger partial charge in [-0.2, -0.15) is 0 Å². The molecule has 100 valence electrons. The van der Waals surface area contributed by atoms with Crippen molar-refractivity contribution in [3.8, 4) is 0 Å². The first kappa shape index (κ1) is 13.3. The second-order valence-corrected chi connectivity index (χ2v) is 5.44. The fourth-order valence-corrected chi connectivity index (χ4v) is 3.19. The number of ether oxygens (including phenoxy) is 1. The van der Waals surface area contributed by atoms with Crippen LogP contribution in [-0.2, 0) is 4.74 Å². The Kier molecular flexibility index (Phi) is 5.75. The van der Waals surface area contributed by atoms with Gasteiger partial charge in [0.05, 0.1) is 0 Å².